The molecule has 0 spiro atoms. The van der Waals surface area contributed by atoms with E-state index in [2.05, 4.69) is 23.5 Å². The van der Waals surface area contributed by atoms with Gasteiger partial charge in [0.1, 0.15) is 6.07 Å². The average Bonchev–Trinajstić information content (AvgIpc) is 2.48. The van der Waals surface area contributed by atoms with Crippen molar-refractivity contribution in [3.8, 4) is 6.07 Å². The molecule has 4 heteroatoms. The van der Waals surface area contributed by atoms with E-state index in [9.17, 15) is 0 Å². The molecule has 1 atom stereocenters. The van der Waals surface area contributed by atoms with Crippen molar-refractivity contribution in [1.29, 1.82) is 5.26 Å². The predicted molar refractivity (Wildman–Crippen MR) is 78.6 cm³/mol. The van der Waals surface area contributed by atoms with Crippen LogP contribution in [0, 0.1) is 11.3 Å². The third-order valence-corrected chi connectivity index (χ3v) is 3.64. The molecule has 1 heterocycles. The van der Waals surface area contributed by atoms with Gasteiger partial charge in [-0.2, -0.15) is 5.26 Å². The molecule has 0 bridgehead atoms. The normalized spacial score (nSPS) is 17.1. The van der Waals surface area contributed by atoms with E-state index < -0.39 is 0 Å². The van der Waals surface area contributed by atoms with Gasteiger partial charge in [-0.25, -0.2) is 0 Å². The SMILES string of the molecule is N#Cc1ccc(Cl)cc1NC1COCc2ccccc21. The van der Waals surface area contributed by atoms with Crippen LogP contribution in [0.1, 0.15) is 22.7 Å². The first kappa shape index (κ1) is 13.0. The minimum absolute atomic E-state index is 0.0329. The summed E-state index contributed by atoms with van der Waals surface area (Å²) in [6.45, 7) is 1.21. The molecule has 3 nitrogen and oxygen atoms in total. The number of ether oxygens (including phenoxy) is 1. The predicted octanol–water partition coefficient (Wildman–Crippen LogP) is 3.90. The van der Waals surface area contributed by atoms with E-state index in [4.69, 9.17) is 21.6 Å². The van der Waals surface area contributed by atoms with Crippen LogP contribution in [0.5, 0.6) is 0 Å². The molecule has 2 aromatic carbocycles. The zero-order valence-electron chi connectivity index (χ0n) is 10.8. The number of hydrogen-bond acceptors (Lipinski definition) is 3. The zero-order chi connectivity index (χ0) is 13.9. The molecule has 0 saturated heterocycles. The second-order valence-corrected chi connectivity index (χ2v) is 5.15. The molecule has 3 rings (SSSR count). The smallest absolute Gasteiger partial charge is 0.101 e. The largest absolute Gasteiger partial charge is 0.375 e. The lowest BCUT2D eigenvalue weighted by atomic mass is 9.98. The molecule has 0 saturated carbocycles. The van der Waals surface area contributed by atoms with Gasteiger partial charge in [-0.15, -0.1) is 0 Å². The minimum Gasteiger partial charge on any atom is -0.375 e. The van der Waals surface area contributed by atoms with Crippen LogP contribution in [0.15, 0.2) is 42.5 Å². The summed E-state index contributed by atoms with van der Waals surface area (Å²) in [6, 6.07) is 15.6. The first-order chi connectivity index (χ1) is 9.78. The van der Waals surface area contributed by atoms with Crippen molar-refractivity contribution in [1.82, 2.24) is 0 Å². The van der Waals surface area contributed by atoms with E-state index in [-0.39, 0.29) is 6.04 Å². The Morgan fingerprint density at radius 1 is 1.25 bits per heavy atom. The van der Waals surface area contributed by atoms with Crippen molar-refractivity contribution in [2.45, 2.75) is 12.6 Å². The molecule has 0 fully saturated rings. The number of nitrogens with zero attached hydrogens (tertiary/aromatic N) is 1. The molecule has 0 aromatic heterocycles. The van der Waals surface area contributed by atoms with Crippen LogP contribution >= 0.6 is 11.6 Å². The maximum atomic E-state index is 9.17. The monoisotopic (exact) mass is 284 g/mol. The summed E-state index contributed by atoms with van der Waals surface area (Å²) in [5.41, 5.74) is 3.71. The van der Waals surface area contributed by atoms with Gasteiger partial charge < -0.3 is 10.1 Å². The van der Waals surface area contributed by atoms with Crippen LogP contribution in [0.4, 0.5) is 5.69 Å². The van der Waals surface area contributed by atoms with Crippen molar-refractivity contribution in [2.75, 3.05) is 11.9 Å². The lowest BCUT2D eigenvalue weighted by molar-refractivity contribution is 0.0970. The standard InChI is InChI=1S/C16H13ClN2O/c17-13-6-5-11(8-18)15(7-13)19-16-10-20-9-12-3-1-2-4-14(12)16/h1-7,16,19H,9-10H2. The van der Waals surface area contributed by atoms with Gasteiger partial charge in [-0.05, 0) is 29.3 Å². The number of fused-ring (bicyclic) bond motifs is 1. The summed E-state index contributed by atoms with van der Waals surface area (Å²) < 4.78 is 5.61. The van der Waals surface area contributed by atoms with Crippen LogP contribution in [0.25, 0.3) is 0 Å². The van der Waals surface area contributed by atoms with Crippen LogP contribution in [-0.2, 0) is 11.3 Å². The number of hydrogen-bond donors (Lipinski definition) is 1. The lowest BCUT2D eigenvalue weighted by Gasteiger charge is -2.27. The van der Waals surface area contributed by atoms with Gasteiger partial charge in [0.15, 0.2) is 0 Å². The first-order valence-electron chi connectivity index (χ1n) is 6.39. The van der Waals surface area contributed by atoms with Crippen LogP contribution in [0.2, 0.25) is 5.02 Å². The van der Waals surface area contributed by atoms with E-state index in [1.165, 1.54) is 11.1 Å². The Balaban J connectivity index is 1.93. The van der Waals surface area contributed by atoms with Gasteiger partial charge in [-0.3, -0.25) is 0 Å². The van der Waals surface area contributed by atoms with Gasteiger partial charge in [0.05, 0.1) is 30.5 Å². The van der Waals surface area contributed by atoms with Gasteiger partial charge >= 0.3 is 0 Å². The molecule has 0 radical (unpaired) electrons. The summed E-state index contributed by atoms with van der Waals surface area (Å²) in [6.07, 6.45) is 0. The molecular weight excluding hydrogens is 272 g/mol. The Bertz CT molecular complexity index is 678. The van der Waals surface area contributed by atoms with Crippen molar-refractivity contribution < 1.29 is 4.74 Å². The maximum absolute atomic E-state index is 9.17. The Kier molecular flexibility index (Phi) is 3.60. The van der Waals surface area contributed by atoms with E-state index in [1.54, 1.807) is 18.2 Å². The Labute approximate surface area is 122 Å². The van der Waals surface area contributed by atoms with Gasteiger partial charge in [-0.1, -0.05) is 35.9 Å². The molecule has 100 valence electrons. The van der Waals surface area contributed by atoms with E-state index in [1.807, 2.05) is 12.1 Å². The van der Waals surface area contributed by atoms with Crippen LogP contribution < -0.4 is 5.32 Å². The molecule has 1 unspecified atom stereocenters. The zero-order valence-corrected chi connectivity index (χ0v) is 11.5. The van der Waals surface area contributed by atoms with Crippen molar-refractivity contribution in [2.24, 2.45) is 0 Å². The highest BCUT2D eigenvalue weighted by atomic mass is 35.5. The second-order valence-electron chi connectivity index (χ2n) is 4.71. The summed E-state index contributed by atoms with van der Waals surface area (Å²) in [4.78, 5) is 0. The summed E-state index contributed by atoms with van der Waals surface area (Å²) in [7, 11) is 0. The maximum Gasteiger partial charge on any atom is 0.101 e. The first-order valence-corrected chi connectivity index (χ1v) is 6.77. The molecule has 0 amide bonds. The molecule has 2 aromatic rings. The van der Waals surface area contributed by atoms with Crippen molar-refractivity contribution >= 4 is 17.3 Å². The second kappa shape index (κ2) is 5.54. The van der Waals surface area contributed by atoms with Gasteiger partial charge in [0, 0.05) is 5.02 Å². The fourth-order valence-corrected chi connectivity index (χ4v) is 2.59. The molecule has 1 N–H and O–H groups in total. The molecular formula is C16H13ClN2O. The number of rotatable bonds is 2. The number of halogens is 1. The van der Waals surface area contributed by atoms with Gasteiger partial charge in [0.25, 0.3) is 0 Å². The van der Waals surface area contributed by atoms with E-state index in [0.717, 1.165) is 5.69 Å². The van der Waals surface area contributed by atoms with Crippen LogP contribution in [0.3, 0.4) is 0 Å². The average molecular weight is 285 g/mol. The summed E-state index contributed by atoms with van der Waals surface area (Å²) in [5.74, 6) is 0. The fourth-order valence-electron chi connectivity index (χ4n) is 2.42. The van der Waals surface area contributed by atoms with E-state index in [0.29, 0.717) is 23.8 Å². The highest BCUT2D eigenvalue weighted by Crippen LogP contribution is 2.30. The highest BCUT2D eigenvalue weighted by Gasteiger charge is 2.21. The van der Waals surface area contributed by atoms with E-state index >= 15 is 0 Å². The quantitative estimate of drug-likeness (QED) is 0.910. The summed E-state index contributed by atoms with van der Waals surface area (Å²) >= 11 is 6.01. The summed E-state index contributed by atoms with van der Waals surface area (Å²) in [5, 5.41) is 13.1. The van der Waals surface area contributed by atoms with Crippen molar-refractivity contribution in [3.63, 3.8) is 0 Å². The molecule has 1 aliphatic heterocycles. The molecule has 20 heavy (non-hydrogen) atoms. The lowest BCUT2D eigenvalue weighted by Crippen LogP contribution is -2.23. The topological polar surface area (TPSA) is 45.0 Å². The molecule has 0 aliphatic carbocycles. The number of benzene rings is 2. The number of nitriles is 1. The Hall–Kier alpha value is -2.02. The molecule has 1 aliphatic rings. The van der Waals surface area contributed by atoms with Crippen LogP contribution in [-0.4, -0.2) is 6.61 Å². The number of nitrogens with one attached hydrogen (secondary N) is 1. The fraction of sp³-hybridized carbons (Fsp3) is 0.188. The minimum atomic E-state index is 0.0329. The van der Waals surface area contributed by atoms with Crippen molar-refractivity contribution in [3.05, 3.63) is 64.2 Å². The van der Waals surface area contributed by atoms with Gasteiger partial charge in [0.2, 0.25) is 0 Å². The third kappa shape index (κ3) is 2.49. The Morgan fingerprint density at radius 2 is 2.10 bits per heavy atom. The third-order valence-electron chi connectivity index (χ3n) is 3.40. The highest BCUT2D eigenvalue weighted by molar-refractivity contribution is 6.30. The number of anilines is 1. The Morgan fingerprint density at radius 3 is 2.95 bits per heavy atom.